The molecule has 0 radical (unpaired) electrons. The molecule has 3 aromatic carbocycles. The van der Waals surface area contributed by atoms with E-state index in [0.717, 1.165) is 5.56 Å². The molecule has 1 aromatic heterocycles. The fourth-order valence-electron chi connectivity index (χ4n) is 4.01. The maximum Gasteiger partial charge on any atom is 0.327 e. The van der Waals surface area contributed by atoms with Crippen LogP contribution in [0.3, 0.4) is 0 Å². The SMILES string of the molecule is CC1=C(c2nc(-c3ccc(F)cc3)no2)C(c2ccc(Cl)cc2)NC(=O)N1c1ccc(C)c(F)c1. The van der Waals surface area contributed by atoms with Crippen LogP contribution in [0.1, 0.15) is 30.0 Å². The number of urea groups is 1. The molecule has 6 nitrogen and oxygen atoms in total. The van der Waals surface area contributed by atoms with Crippen LogP contribution in [0.5, 0.6) is 0 Å². The number of carbonyl (C=O) groups excluding carboxylic acids is 1. The molecule has 2 heterocycles. The van der Waals surface area contributed by atoms with Crippen LogP contribution in [0.15, 0.2) is 77.0 Å². The topological polar surface area (TPSA) is 71.3 Å². The van der Waals surface area contributed by atoms with Gasteiger partial charge in [-0.2, -0.15) is 4.98 Å². The van der Waals surface area contributed by atoms with Crippen molar-refractivity contribution in [3.63, 3.8) is 0 Å². The van der Waals surface area contributed by atoms with Crippen LogP contribution in [-0.4, -0.2) is 16.2 Å². The van der Waals surface area contributed by atoms with Gasteiger partial charge in [0.25, 0.3) is 5.89 Å². The number of hydrogen-bond acceptors (Lipinski definition) is 4. The molecule has 2 amide bonds. The molecule has 9 heteroatoms. The summed E-state index contributed by atoms with van der Waals surface area (Å²) >= 11 is 6.06. The van der Waals surface area contributed by atoms with Gasteiger partial charge >= 0.3 is 6.03 Å². The molecule has 35 heavy (non-hydrogen) atoms. The lowest BCUT2D eigenvalue weighted by Crippen LogP contribution is -2.46. The van der Waals surface area contributed by atoms with E-state index in [1.165, 1.54) is 23.1 Å². The third-order valence-corrected chi connectivity index (χ3v) is 6.11. The molecule has 0 saturated carbocycles. The number of anilines is 1. The van der Waals surface area contributed by atoms with E-state index in [1.807, 2.05) is 0 Å². The highest BCUT2D eigenvalue weighted by Crippen LogP contribution is 2.39. The van der Waals surface area contributed by atoms with Gasteiger partial charge in [0.05, 0.1) is 17.3 Å². The highest BCUT2D eigenvalue weighted by atomic mass is 35.5. The second-order valence-electron chi connectivity index (χ2n) is 8.13. The highest BCUT2D eigenvalue weighted by Gasteiger charge is 2.36. The molecule has 5 rings (SSSR count). The number of rotatable bonds is 4. The first kappa shape index (κ1) is 22.7. The van der Waals surface area contributed by atoms with E-state index in [9.17, 15) is 13.6 Å². The summed E-state index contributed by atoms with van der Waals surface area (Å²) in [6.45, 7) is 3.38. The van der Waals surface area contributed by atoms with Crippen molar-refractivity contribution in [2.75, 3.05) is 4.90 Å². The van der Waals surface area contributed by atoms with Crippen molar-refractivity contribution in [2.24, 2.45) is 0 Å². The third-order valence-electron chi connectivity index (χ3n) is 5.86. The molecular formula is C26H19ClF2N4O2. The van der Waals surface area contributed by atoms with Crippen LogP contribution >= 0.6 is 11.6 Å². The van der Waals surface area contributed by atoms with Gasteiger partial charge in [0.2, 0.25) is 5.82 Å². The van der Waals surface area contributed by atoms with Gasteiger partial charge in [0, 0.05) is 16.3 Å². The van der Waals surface area contributed by atoms with Crippen LogP contribution < -0.4 is 10.2 Å². The molecule has 0 fully saturated rings. The number of nitrogens with zero attached hydrogens (tertiary/aromatic N) is 3. The minimum Gasteiger partial charge on any atom is -0.334 e. The van der Waals surface area contributed by atoms with E-state index in [1.54, 1.807) is 62.4 Å². The summed E-state index contributed by atoms with van der Waals surface area (Å²) in [6, 6.07) is 16.2. The number of halogens is 3. The molecule has 4 aromatic rings. The van der Waals surface area contributed by atoms with Crippen molar-refractivity contribution in [2.45, 2.75) is 19.9 Å². The summed E-state index contributed by atoms with van der Waals surface area (Å²) in [5, 5.41) is 7.56. The molecule has 1 aliphatic rings. The quantitative estimate of drug-likeness (QED) is 0.345. The number of benzene rings is 3. The summed E-state index contributed by atoms with van der Waals surface area (Å²) in [6.07, 6.45) is 0. The van der Waals surface area contributed by atoms with Gasteiger partial charge in [-0.3, -0.25) is 4.90 Å². The van der Waals surface area contributed by atoms with Gasteiger partial charge in [0.1, 0.15) is 11.6 Å². The van der Waals surface area contributed by atoms with Gasteiger partial charge in [0.15, 0.2) is 0 Å². The Balaban J connectivity index is 1.65. The van der Waals surface area contributed by atoms with Crippen LogP contribution in [-0.2, 0) is 0 Å². The number of aromatic nitrogens is 2. The minimum absolute atomic E-state index is 0.166. The Kier molecular flexibility index (Phi) is 5.82. The fourth-order valence-corrected chi connectivity index (χ4v) is 4.13. The van der Waals surface area contributed by atoms with Crippen LogP contribution in [0.2, 0.25) is 5.02 Å². The molecule has 0 saturated heterocycles. The molecule has 0 aliphatic carbocycles. The van der Waals surface area contributed by atoms with E-state index in [0.29, 0.717) is 33.1 Å². The number of hydrogen-bond donors (Lipinski definition) is 1. The summed E-state index contributed by atoms with van der Waals surface area (Å²) in [5.74, 6) is -0.380. The van der Waals surface area contributed by atoms with E-state index in [2.05, 4.69) is 15.5 Å². The molecule has 1 atom stereocenters. The Morgan fingerprint density at radius 2 is 1.71 bits per heavy atom. The predicted molar refractivity (Wildman–Crippen MR) is 129 cm³/mol. The van der Waals surface area contributed by atoms with Crippen LogP contribution in [0.4, 0.5) is 19.3 Å². The number of aryl methyl sites for hydroxylation is 1. The lowest BCUT2D eigenvalue weighted by atomic mass is 9.94. The molecule has 1 unspecified atom stereocenters. The van der Waals surface area contributed by atoms with Gasteiger partial charge in [-0.05, 0) is 73.5 Å². The first-order chi connectivity index (χ1) is 16.8. The summed E-state index contributed by atoms with van der Waals surface area (Å²) in [7, 11) is 0. The molecule has 0 bridgehead atoms. The molecular weight excluding hydrogens is 474 g/mol. The van der Waals surface area contributed by atoms with Crippen molar-refractivity contribution in [1.82, 2.24) is 15.5 Å². The lowest BCUT2D eigenvalue weighted by molar-refractivity contribution is 0.244. The second kappa shape index (κ2) is 8.96. The number of allylic oxidation sites excluding steroid dienone is 1. The molecule has 0 spiro atoms. The van der Waals surface area contributed by atoms with Crippen molar-refractivity contribution in [3.05, 3.63) is 106 Å². The minimum atomic E-state index is -0.632. The molecule has 1 N–H and O–H groups in total. The molecule has 176 valence electrons. The largest absolute Gasteiger partial charge is 0.334 e. The average molecular weight is 493 g/mol. The van der Waals surface area contributed by atoms with Crippen molar-refractivity contribution >= 4 is 28.9 Å². The van der Waals surface area contributed by atoms with Crippen LogP contribution in [0, 0.1) is 18.6 Å². The zero-order valence-electron chi connectivity index (χ0n) is 18.7. The summed E-state index contributed by atoms with van der Waals surface area (Å²) < 4.78 is 33.3. The summed E-state index contributed by atoms with van der Waals surface area (Å²) in [5.41, 5.74) is 3.16. The number of amides is 2. The molecule has 1 aliphatic heterocycles. The Hall–Kier alpha value is -4.04. The van der Waals surface area contributed by atoms with Crippen molar-refractivity contribution in [3.8, 4) is 11.4 Å². The van der Waals surface area contributed by atoms with E-state index in [4.69, 9.17) is 16.1 Å². The number of carbonyl (C=O) groups is 1. The summed E-state index contributed by atoms with van der Waals surface area (Å²) in [4.78, 5) is 19.1. The van der Waals surface area contributed by atoms with Gasteiger partial charge in [-0.25, -0.2) is 13.6 Å². The lowest BCUT2D eigenvalue weighted by Gasteiger charge is -2.35. The second-order valence-corrected chi connectivity index (χ2v) is 8.57. The normalized spacial score (nSPS) is 16.0. The Morgan fingerprint density at radius 1 is 1.00 bits per heavy atom. The Morgan fingerprint density at radius 3 is 2.40 bits per heavy atom. The van der Waals surface area contributed by atoms with Gasteiger partial charge < -0.3 is 9.84 Å². The van der Waals surface area contributed by atoms with E-state index >= 15 is 0 Å². The zero-order valence-corrected chi connectivity index (χ0v) is 19.5. The van der Waals surface area contributed by atoms with Gasteiger partial charge in [-0.15, -0.1) is 0 Å². The van der Waals surface area contributed by atoms with Crippen LogP contribution in [0.25, 0.3) is 17.0 Å². The standard InChI is InChI=1S/C26H19ClF2N4O2/c1-14-3-12-20(13-21(14)29)33-15(2)22(23(30-26(33)34)16-4-8-18(27)9-5-16)25-31-24(32-35-25)17-6-10-19(28)11-7-17/h3-13,23H,1-2H3,(H,30,34). The maximum absolute atomic E-state index is 14.4. The van der Waals surface area contributed by atoms with E-state index < -0.39 is 17.9 Å². The fraction of sp³-hybridized carbons (Fsp3) is 0.115. The van der Waals surface area contributed by atoms with E-state index in [-0.39, 0.29) is 17.5 Å². The Bertz CT molecular complexity index is 1450. The number of nitrogens with one attached hydrogen (secondary N) is 1. The first-order valence-electron chi connectivity index (χ1n) is 10.7. The average Bonchev–Trinajstić information content (AvgIpc) is 3.31. The first-order valence-corrected chi connectivity index (χ1v) is 11.1. The predicted octanol–water partition coefficient (Wildman–Crippen LogP) is 6.68. The van der Waals surface area contributed by atoms with Gasteiger partial charge in [-0.1, -0.05) is 35.0 Å². The third kappa shape index (κ3) is 4.28. The smallest absolute Gasteiger partial charge is 0.327 e. The van der Waals surface area contributed by atoms with Crippen molar-refractivity contribution in [1.29, 1.82) is 0 Å². The van der Waals surface area contributed by atoms with Crippen molar-refractivity contribution < 1.29 is 18.1 Å². The monoisotopic (exact) mass is 492 g/mol. The Labute approximate surface area is 204 Å². The highest BCUT2D eigenvalue weighted by molar-refractivity contribution is 6.30. The maximum atomic E-state index is 14.4. The zero-order chi connectivity index (χ0) is 24.7.